The zero-order chi connectivity index (χ0) is 20.2. The third kappa shape index (κ3) is 4.94. The van der Waals surface area contributed by atoms with Crippen LogP contribution in [0.15, 0.2) is 18.2 Å². The predicted molar refractivity (Wildman–Crippen MR) is 88.0 cm³/mol. The van der Waals surface area contributed by atoms with Crippen molar-refractivity contribution in [3.8, 4) is 5.75 Å². The largest absolute Gasteiger partial charge is 0.547 e. The molecular weight excluding hydrogens is 367 g/mol. The van der Waals surface area contributed by atoms with Crippen LogP contribution in [0.1, 0.15) is 36.2 Å². The molecule has 0 aliphatic carbocycles. The van der Waals surface area contributed by atoms with Gasteiger partial charge in [-0.3, -0.25) is 9.59 Å². The Morgan fingerprint density at radius 1 is 1.37 bits per heavy atom. The second-order valence-electron chi connectivity index (χ2n) is 5.83. The second-order valence-corrected chi connectivity index (χ2v) is 5.83. The maximum atomic E-state index is 13.4. The number of hydrogen-bond donors (Lipinski definition) is 2. The second kappa shape index (κ2) is 8.34. The number of benzene rings is 1. The minimum absolute atomic E-state index is 0.00516. The van der Waals surface area contributed by atoms with E-state index in [1.165, 1.54) is 12.1 Å². The maximum absolute atomic E-state index is 13.4. The first kappa shape index (κ1) is 20.6. The molecule has 0 aromatic heterocycles. The smallest absolute Gasteiger partial charge is 0.534 e. The van der Waals surface area contributed by atoms with Crippen molar-refractivity contribution in [3.05, 3.63) is 29.3 Å². The van der Waals surface area contributed by atoms with E-state index in [4.69, 9.17) is 9.39 Å². The summed E-state index contributed by atoms with van der Waals surface area (Å²) in [5, 5.41) is 12.1. The lowest BCUT2D eigenvalue weighted by Gasteiger charge is -2.30. The van der Waals surface area contributed by atoms with Gasteiger partial charge in [0.1, 0.15) is 11.3 Å². The molecule has 0 unspecified atom stereocenters. The molecule has 0 saturated heterocycles. The third-order valence-corrected chi connectivity index (χ3v) is 3.88. The van der Waals surface area contributed by atoms with Crippen molar-refractivity contribution in [2.45, 2.75) is 38.6 Å². The molecule has 1 heterocycles. The van der Waals surface area contributed by atoms with E-state index >= 15 is 0 Å². The molecule has 1 atom stereocenters. The fourth-order valence-electron chi connectivity index (χ4n) is 2.39. The lowest BCUT2D eigenvalue weighted by atomic mass is 9.72. The van der Waals surface area contributed by atoms with Crippen molar-refractivity contribution in [3.63, 3.8) is 0 Å². The van der Waals surface area contributed by atoms with Gasteiger partial charge in [-0.1, -0.05) is 19.1 Å². The molecule has 0 saturated carbocycles. The first-order chi connectivity index (χ1) is 12.7. The van der Waals surface area contributed by atoms with Gasteiger partial charge in [0.15, 0.2) is 0 Å². The van der Waals surface area contributed by atoms with Gasteiger partial charge in [-0.25, -0.2) is 4.79 Å². The zero-order valence-electron chi connectivity index (χ0n) is 14.7. The Balaban J connectivity index is 2.13. The number of rotatable bonds is 6. The molecule has 2 N–H and O–H groups in total. The fourth-order valence-corrected chi connectivity index (χ4v) is 2.39. The van der Waals surface area contributed by atoms with E-state index in [9.17, 15) is 28.2 Å². The Bertz CT molecular complexity index is 743. The molecule has 0 fully saturated rings. The van der Waals surface area contributed by atoms with E-state index in [0.29, 0.717) is 5.56 Å². The average Bonchev–Trinajstić information content (AvgIpc) is 2.61. The molecule has 1 aliphatic rings. The molecule has 27 heavy (non-hydrogen) atoms. The Morgan fingerprint density at radius 3 is 2.70 bits per heavy atom. The van der Waals surface area contributed by atoms with Crippen LogP contribution in [0, 0.1) is 0 Å². The minimum Gasteiger partial charge on any atom is -0.534 e. The number of esters is 2. The number of fused-ring (bicyclic) bond motifs is 1. The zero-order valence-corrected chi connectivity index (χ0v) is 14.7. The Morgan fingerprint density at radius 2 is 2.07 bits per heavy atom. The normalized spacial score (nSPS) is 16.0. The Hall–Kier alpha value is -2.69. The summed E-state index contributed by atoms with van der Waals surface area (Å²) in [6, 6.07) is 4.43. The summed E-state index contributed by atoms with van der Waals surface area (Å²) in [5.41, 5.74) is 0.370. The van der Waals surface area contributed by atoms with Crippen LogP contribution in [0.2, 0.25) is 0 Å². The molecule has 146 valence electrons. The lowest BCUT2D eigenvalue weighted by Crippen LogP contribution is -2.56. The van der Waals surface area contributed by atoms with Crippen molar-refractivity contribution >= 4 is 25.0 Å². The predicted octanol–water partition coefficient (Wildman–Crippen LogP) is 0.849. The highest BCUT2D eigenvalue weighted by Gasteiger charge is 2.43. The van der Waals surface area contributed by atoms with Gasteiger partial charge in [0, 0.05) is 13.3 Å². The quantitative estimate of drug-likeness (QED) is 0.424. The summed E-state index contributed by atoms with van der Waals surface area (Å²) in [4.78, 5) is 34.4. The highest BCUT2D eigenvalue weighted by Crippen LogP contribution is 2.31. The van der Waals surface area contributed by atoms with E-state index in [2.05, 4.69) is 10.1 Å². The topological polar surface area (TPSA) is 111 Å². The number of carbonyl (C=O) groups is 3. The summed E-state index contributed by atoms with van der Waals surface area (Å²) in [5.74, 6) is -7.69. The Kier molecular flexibility index (Phi) is 6.37. The monoisotopic (exact) mass is 385 g/mol. The summed E-state index contributed by atoms with van der Waals surface area (Å²) in [6.45, 7) is 1.72. The van der Waals surface area contributed by atoms with Crippen LogP contribution in [0.4, 0.5) is 8.78 Å². The van der Waals surface area contributed by atoms with Crippen LogP contribution in [0.3, 0.4) is 0 Å². The number of halogens is 2. The summed E-state index contributed by atoms with van der Waals surface area (Å²) in [6.07, 6.45) is -0.718. The van der Waals surface area contributed by atoms with Gasteiger partial charge in [-0.2, -0.15) is 8.78 Å². The molecule has 2 rings (SSSR count). The molecule has 0 bridgehead atoms. The number of carbonyl (C=O) groups excluding carboxylic acids is 3. The molecule has 1 aliphatic heterocycles. The maximum Gasteiger partial charge on any atom is 0.547 e. The van der Waals surface area contributed by atoms with Gasteiger partial charge in [0.25, 0.3) is 5.91 Å². The van der Waals surface area contributed by atoms with Gasteiger partial charge in [0.2, 0.25) is 6.79 Å². The van der Waals surface area contributed by atoms with Crippen molar-refractivity contribution in [1.82, 2.24) is 5.32 Å². The molecule has 1 aromatic rings. The molecule has 1 aromatic carbocycles. The van der Waals surface area contributed by atoms with Crippen LogP contribution in [-0.4, -0.2) is 48.6 Å². The number of nitrogens with one attached hydrogen (secondary N) is 1. The third-order valence-electron chi connectivity index (χ3n) is 3.88. The SMILES string of the molecule is CCC(F)(F)C(=O)N[C@H]1Cc2cccc(C(=O)OCOC(C)=O)c2OB1O. The number of amides is 1. The van der Waals surface area contributed by atoms with E-state index in [0.717, 1.165) is 13.8 Å². The van der Waals surface area contributed by atoms with Gasteiger partial charge < -0.3 is 24.5 Å². The average molecular weight is 385 g/mol. The minimum atomic E-state index is -3.57. The number of para-hydroxylation sites is 1. The molecule has 8 nitrogen and oxygen atoms in total. The lowest BCUT2D eigenvalue weighted by molar-refractivity contribution is -0.149. The first-order valence-electron chi connectivity index (χ1n) is 8.11. The molecular formula is C16H18BF2NO7. The van der Waals surface area contributed by atoms with Gasteiger partial charge in [0.05, 0.1) is 5.94 Å². The van der Waals surface area contributed by atoms with Crippen LogP contribution >= 0.6 is 0 Å². The van der Waals surface area contributed by atoms with Crippen LogP contribution in [0.5, 0.6) is 5.75 Å². The van der Waals surface area contributed by atoms with E-state index in [1.54, 1.807) is 6.07 Å². The van der Waals surface area contributed by atoms with E-state index < -0.39 is 50.0 Å². The van der Waals surface area contributed by atoms with Gasteiger partial charge in [-0.05, 0) is 18.1 Å². The number of ether oxygens (including phenoxy) is 2. The van der Waals surface area contributed by atoms with Crippen molar-refractivity contribution in [2.24, 2.45) is 0 Å². The summed E-state index contributed by atoms with van der Waals surface area (Å²) < 4.78 is 41.4. The first-order valence-corrected chi connectivity index (χ1v) is 8.11. The molecule has 1 amide bonds. The van der Waals surface area contributed by atoms with Crippen molar-refractivity contribution in [1.29, 1.82) is 0 Å². The summed E-state index contributed by atoms with van der Waals surface area (Å²) >= 11 is 0. The van der Waals surface area contributed by atoms with E-state index in [1.807, 2.05) is 0 Å². The Labute approximate surface area is 153 Å². The van der Waals surface area contributed by atoms with E-state index in [-0.39, 0.29) is 17.7 Å². The highest BCUT2D eigenvalue weighted by atomic mass is 19.3. The van der Waals surface area contributed by atoms with Crippen LogP contribution in [-0.2, 0) is 25.5 Å². The summed E-state index contributed by atoms with van der Waals surface area (Å²) in [7, 11) is -1.64. The van der Waals surface area contributed by atoms with Crippen LogP contribution in [0.25, 0.3) is 0 Å². The van der Waals surface area contributed by atoms with Gasteiger partial charge >= 0.3 is 25.0 Å². The molecule has 11 heteroatoms. The van der Waals surface area contributed by atoms with Crippen molar-refractivity contribution < 1.29 is 42.3 Å². The number of alkyl halides is 2. The highest BCUT2D eigenvalue weighted by molar-refractivity contribution is 6.47. The standard InChI is InChI=1S/C16H18BF2NO7/c1-3-16(18,19)15(23)20-12-7-10-5-4-6-11(13(10)27-17(12)24)14(22)26-8-25-9(2)21/h4-6,12,24H,3,7-8H2,1-2H3,(H,20,23)/t12-/m0/s1. The molecule has 0 spiro atoms. The van der Waals surface area contributed by atoms with Crippen molar-refractivity contribution in [2.75, 3.05) is 6.79 Å². The molecule has 0 radical (unpaired) electrons. The van der Waals surface area contributed by atoms with Crippen LogP contribution < -0.4 is 9.97 Å². The van der Waals surface area contributed by atoms with Gasteiger partial charge in [-0.15, -0.1) is 0 Å². The fraction of sp³-hybridized carbons (Fsp3) is 0.438. The number of hydrogen-bond acceptors (Lipinski definition) is 7.